The number of hydrogen-bond acceptors (Lipinski definition) is 4. The normalized spacial score (nSPS) is 21.9. The standard InChI is InChI=1S/C12H27N3O2S/c1-4-7-13-8-10-18(16,17)15(3)11-12-6-5-9-14(12)2/h12-13H,4-11H2,1-3H3. The molecular weight excluding hydrogens is 250 g/mol. The molecule has 0 aromatic heterocycles. The molecule has 1 aliphatic heterocycles. The van der Waals surface area contributed by atoms with E-state index in [0.29, 0.717) is 19.1 Å². The van der Waals surface area contributed by atoms with E-state index < -0.39 is 10.0 Å². The van der Waals surface area contributed by atoms with Gasteiger partial charge in [0.1, 0.15) is 0 Å². The van der Waals surface area contributed by atoms with Crippen molar-refractivity contribution in [2.45, 2.75) is 32.2 Å². The monoisotopic (exact) mass is 277 g/mol. The van der Waals surface area contributed by atoms with Crippen molar-refractivity contribution < 1.29 is 8.42 Å². The molecule has 0 amide bonds. The zero-order valence-electron chi connectivity index (χ0n) is 11.9. The van der Waals surface area contributed by atoms with Gasteiger partial charge in [0, 0.05) is 26.2 Å². The Hall–Kier alpha value is -0.170. The van der Waals surface area contributed by atoms with Crippen LogP contribution in [0.4, 0.5) is 0 Å². The lowest BCUT2D eigenvalue weighted by molar-refractivity contribution is 0.271. The van der Waals surface area contributed by atoms with Crippen molar-refractivity contribution in [2.24, 2.45) is 0 Å². The lowest BCUT2D eigenvalue weighted by Gasteiger charge is -2.25. The maximum absolute atomic E-state index is 12.1. The predicted molar refractivity (Wildman–Crippen MR) is 75.2 cm³/mol. The molecule has 0 bridgehead atoms. The van der Waals surface area contributed by atoms with Crippen molar-refractivity contribution in [3.05, 3.63) is 0 Å². The highest BCUT2D eigenvalue weighted by molar-refractivity contribution is 7.89. The summed E-state index contributed by atoms with van der Waals surface area (Å²) in [6, 6.07) is 0.383. The summed E-state index contributed by atoms with van der Waals surface area (Å²) in [5, 5.41) is 3.13. The molecular formula is C12H27N3O2S. The second-order valence-corrected chi connectivity index (χ2v) is 7.32. The second-order valence-electron chi connectivity index (χ2n) is 5.12. The maximum Gasteiger partial charge on any atom is 0.215 e. The van der Waals surface area contributed by atoms with Crippen LogP contribution in [0.3, 0.4) is 0 Å². The molecule has 5 nitrogen and oxygen atoms in total. The molecule has 1 heterocycles. The number of sulfonamides is 1. The van der Waals surface area contributed by atoms with Crippen LogP contribution in [0.2, 0.25) is 0 Å². The Kier molecular flexibility index (Phi) is 6.55. The fraction of sp³-hybridized carbons (Fsp3) is 1.00. The van der Waals surface area contributed by atoms with Gasteiger partial charge in [-0.2, -0.15) is 0 Å². The minimum Gasteiger partial charge on any atom is -0.316 e. The highest BCUT2D eigenvalue weighted by Gasteiger charge is 2.26. The summed E-state index contributed by atoms with van der Waals surface area (Å²) >= 11 is 0. The van der Waals surface area contributed by atoms with Crippen LogP contribution < -0.4 is 5.32 Å². The van der Waals surface area contributed by atoms with Gasteiger partial charge < -0.3 is 10.2 Å². The van der Waals surface area contributed by atoms with Gasteiger partial charge in [-0.25, -0.2) is 12.7 Å². The SMILES string of the molecule is CCCNCCS(=O)(=O)N(C)CC1CCCN1C. The Bertz CT molecular complexity index is 332. The van der Waals surface area contributed by atoms with Crippen LogP contribution in [-0.2, 0) is 10.0 Å². The van der Waals surface area contributed by atoms with Crippen LogP contribution in [0.5, 0.6) is 0 Å². The van der Waals surface area contributed by atoms with E-state index in [4.69, 9.17) is 0 Å². The van der Waals surface area contributed by atoms with Gasteiger partial charge in [-0.3, -0.25) is 0 Å². The van der Waals surface area contributed by atoms with Crippen LogP contribution in [0.1, 0.15) is 26.2 Å². The molecule has 0 aliphatic carbocycles. The summed E-state index contributed by atoms with van der Waals surface area (Å²) in [4.78, 5) is 2.25. The summed E-state index contributed by atoms with van der Waals surface area (Å²) in [5.41, 5.74) is 0. The molecule has 0 spiro atoms. The molecule has 1 N–H and O–H groups in total. The summed E-state index contributed by atoms with van der Waals surface area (Å²) in [6.07, 6.45) is 3.31. The first-order chi connectivity index (χ1) is 8.47. The fourth-order valence-corrected chi connectivity index (χ4v) is 3.39. The van der Waals surface area contributed by atoms with Gasteiger partial charge in [0.15, 0.2) is 0 Å². The van der Waals surface area contributed by atoms with Crippen molar-refractivity contribution >= 4 is 10.0 Å². The zero-order valence-corrected chi connectivity index (χ0v) is 12.7. The molecule has 0 radical (unpaired) electrons. The Morgan fingerprint density at radius 2 is 2.11 bits per heavy atom. The van der Waals surface area contributed by atoms with Gasteiger partial charge in [-0.15, -0.1) is 0 Å². The first-order valence-corrected chi connectivity index (χ1v) is 8.43. The van der Waals surface area contributed by atoms with Gasteiger partial charge in [0.05, 0.1) is 5.75 Å². The van der Waals surface area contributed by atoms with Crippen molar-refractivity contribution in [3.8, 4) is 0 Å². The molecule has 0 saturated carbocycles. The molecule has 18 heavy (non-hydrogen) atoms. The van der Waals surface area contributed by atoms with E-state index >= 15 is 0 Å². The number of likely N-dealkylation sites (tertiary alicyclic amines) is 1. The fourth-order valence-electron chi connectivity index (χ4n) is 2.28. The van der Waals surface area contributed by atoms with Crippen LogP contribution in [0.25, 0.3) is 0 Å². The molecule has 1 aliphatic rings. The topological polar surface area (TPSA) is 52.7 Å². The van der Waals surface area contributed by atoms with E-state index in [-0.39, 0.29) is 5.75 Å². The Labute approximate surface area is 112 Å². The summed E-state index contributed by atoms with van der Waals surface area (Å²) in [6.45, 7) is 5.19. The van der Waals surface area contributed by atoms with Gasteiger partial charge >= 0.3 is 0 Å². The van der Waals surface area contributed by atoms with E-state index in [2.05, 4.69) is 24.2 Å². The highest BCUT2D eigenvalue weighted by atomic mass is 32.2. The second kappa shape index (κ2) is 7.43. The molecule has 1 rings (SSSR count). The molecule has 1 atom stereocenters. The van der Waals surface area contributed by atoms with E-state index in [1.54, 1.807) is 7.05 Å². The average molecular weight is 277 g/mol. The molecule has 1 fully saturated rings. The lowest BCUT2D eigenvalue weighted by atomic mass is 10.2. The van der Waals surface area contributed by atoms with Crippen molar-refractivity contribution in [3.63, 3.8) is 0 Å². The van der Waals surface area contributed by atoms with Crippen molar-refractivity contribution in [2.75, 3.05) is 46.0 Å². The highest BCUT2D eigenvalue weighted by Crippen LogP contribution is 2.16. The first-order valence-electron chi connectivity index (χ1n) is 6.82. The zero-order chi connectivity index (χ0) is 13.6. The van der Waals surface area contributed by atoms with Gasteiger partial charge in [-0.1, -0.05) is 6.92 Å². The Morgan fingerprint density at radius 3 is 2.67 bits per heavy atom. The molecule has 1 saturated heterocycles. The van der Waals surface area contributed by atoms with E-state index in [1.165, 1.54) is 10.7 Å². The van der Waals surface area contributed by atoms with Crippen molar-refractivity contribution in [1.29, 1.82) is 0 Å². The number of hydrogen-bond donors (Lipinski definition) is 1. The van der Waals surface area contributed by atoms with Crippen molar-refractivity contribution in [1.82, 2.24) is 14.5 Å². The largest absolute Gasteiger partial charge is 0.316 e. The first kappa shape index (κ1) is 15.9. The third-order valence-corrected chi connectivity index (χ3v) is 5.40. The molecule has 1 unspecified atom stereocenters. The molecule has 6 heteroatoms. The average Bonchev–Trinajstić information content (AvgIpc) is 2.71. The van der Waals surface area contributed by atoms with Gasteiger partial charge in [-0.05, 0) is 39.4 Å². The van der Waals surface area contributed by atoms with E-state index in [0.717, 1.165) is 25.9 Å². The lowest BCUT2D eigenvalue weighted by Crippen LogP contribution is -2.41. The quantitative estimate of drug-likeness (QED) is 0.650. The number of nitrogens with one attached hydrogen (secondary N) is 1. The third-order valence-electron chi connectivity index (χ3n) is 3.58. The summed E-state index contributed by atoms with van der Waals surface area (Å²) in [5.74, 6) is 0.194. The summed E-state index contributed by atoms with van der Waals surface area (Å²) in [7, 11) is 0.659. The van der Waals surface area contributed by atoms with Crippen LogP contribution in [0.15, 0.2) is 0 Å². The Morgan fingerprint density at radius 1 is 1.39 bits per heavy atom. The van der Waals surface area contributed by atoms with Gasteiger partial charge in [0.25, 0.3) is 0 Å². The molecule has 0 aromatic rings. The molecule has 0 aromatic carbocycles. The number of nitrogens with zero attached hydrogens (tertiary/aromatic N) is 2. The minimum atomic E-state index is -3.11. The van der Waals surface area contributed by atoms with Crippen LogP contribution >= 0.6 is 0 Å². The smallest absolute Gasteiger partial charge is 0.215 e. The number of rotatable bonds is 8. The van der Waals surface area contributed by atoms with E-state index in [1.807, 2.05) is 0 Å². The van der Waals surface area contributed by atoms with Crippen LogP contribution in [0, 0.1) is 0 Å². The van der Waals surface area contributed by atoms with E-state index in [9.17, 15) is 8.42 Å². The predicted octanol–water partition coefficient (Wildman–Crippen LogP) is 0.342. The number of likely N-dealkylation sites (N-methyl/N-ethyl adjacent to an activating group) is 2. The van der Waals surface area contributed by atoms with Gasteiger partial charge in [0.2, 0.25) is 10.0 Å². The maximum atomic E-state index is 12.1. The summed E-state index contributed by atoms with van der Waals surface area (Å²) < 4.78 is 25.6. The Balaban J connectivity index is 2.36. The third kappa shape index (κ3) is 4.84. The molecule has 108 valence electrons. The van der Waals surface area contributed by atoms with Crippen LogP contribution in [-0.4, -0.2) is 69.7 Å². The minimum absolute atomic E-state index is 0.194.